The third-order valence-electron chi connectivity index (χ3n) is 2.33. The van der Waals surface area contributed by atoms with Gasteiger partial charge in [-0.15, -0.1) is 11.3 Å². The third-order valence-corrected chi connectivity index (χ3v) is 4.62. The standard InChI is InChI=1S/C12H13IN2OS/c1-12(2,3)9-5-4-8(17-9)10-14-6-7(13)11(16)15-10/h4-6H,1-3H3,(H,14,15,16). The van der Waals surface area contributed by atoms with Crippen LogP contribution in [-0.2, 0) is 5.41 Å². The Labute approximate surface area is 117 Å². The molecular formula is C12H13IN2OS. The number of H-pyrrole nitrogens is 1. The molecule has 17 heavy (non-hydrogen) atoms. The van der Waals surface area contributed by atoms with Crippen LogP contribution in [0.2, 0.25) is 0 Å². The highest BCUT2D eigenvalue weighted by Crippen LogP contribution is 2.33. The maximum Gasteiger partial charge on any atom is 0.264 e. The minimum Gasteiger partial charge on any atom is -0.305 e. The molecule has 2 aromatic heterocycles. The lowest BCUT2D eigenvalue weighted by Crippen LogP contribution is -2.11. The summed E-state index contributed by atoms with van der Waals surface area (Å²) in [6, 6.07) is 4.11. The maximum atomic E-state index is 11.5. The van der Waals surface area contributed by atoms with Crippen LogP contribution >= 0.6 is 33.9 Å². The van der Waals surface area contributed by atoms with Crippen molar-refractivity contribution < 1.29 is 0 Å². The Morgan fingerprint density at radius 1 is 1.35 bits per heavy atom. The molecule has 0 aromatic carbocycles. The molecule has 0 saturated carbocycles. The Morgan fingerprint density at radius 2 is 2.06 bits per heavy atom. The highest BCUT2D eigenvalue weighted by Gasteiger charge is 2.17. The van der Waals surface area contributed by atoms with Crippen molar-refractivity contribution in [1.29, 1.82) is 0 Å². The molecule has 3 nitrogen and oxygen atoms in total. The van der Waals surface area contributed by atoms with Crippen LogP contribution < -0.4 is 5.56 Å². The van der Waals surface area contributed by atoms with Crippen molar-refractivity contribution in [2.24, 2.45) is 0 Å². The first kappa shape index (κ1) is 12.8. The molecular weight excluding hydrogens is 347 g/mol. The summed E-state index contributed by atoms with van der Waals surface area (Å²) in [5, 5.41) is 0. The Hall–Kier alpha value is -0.690. The average molecular weight is 360 g/mol. The SMILES string of the molecule is CC(C)(C)c1ccc(-c2ncc(I)c(=O)[nH]2)s1. The number of hydrogen-bond donors (Lipinski definition) is 1. The summed E-state index contributed by atoms with van der Waals surface area (Å²) in [5.41, 5.74) is 0.0492. The molecule has 0 saturated heterocycles. The van der Waals surface area contributed by atoms with Gasteiger partial charge >= 0.3 is 0 Å². The van der Waals surface area contributed by atoms with E-state index >= 15 is 0 Å². The van der Waals surface area contributed by atoms with Crippen molar-refractivity contribution in [1.82, 2.24) is 9.97 Å². The molecule has 0 spiro atoms. The van der Waals surface area contributed by atoms with Gasteiger partial charge in [0, 0.05) is 11.1 Å². The zero-order chi connectivity index (χ0) is 12.6. The summed E-state index contributed by atoms with van der Waals surface area (Å²) in [5.74, 6) is 0.649. The van der Waals surface area contributed by atoms with E-state index in [9.17, 15) is 4.79 Å². The number of hydrogen-bond acceptors (Lipinski definition) is 3. The fourth-order valence-corrected chi connectivity index (χ4v) is 2.66. The molecule has 2 heterocycles. The van der Waals surface area contributed by atoms with Gasteiger partial charge in [-0.3, -0.25) is 4.79 Å². The molecule has 0 aliphatic rings. The van der Waals surface area contributed by atoms with Gasteiger partial charge in [0.15, 0.2) is 0 Å². The molecule has 0 aliphatic heterocycles. The molecule has 5 heteroatoms. The van der Waals surface area contributed by atoms with Crippen LogP contribution in [0.3, 0.4) is 0 Å². The van der Waals surface area contributed by atoms with Crippen LogP contribution in [0.25, 0.3) is 10.7 Å². The first-order valence-electron chi connectivity index (χ1n) is 5.23. The van der Waals surface area contributed by atoms with Gasteiger partial charge in [0.1, 0.15) is 5.82 Å². The smallest absolute Gasteiger partial charge is 0.264 e. The zero-order valence-electron chi connectivity index (χ0n) is 9.87. The minimum absolute atomic E-state index is 0.0821. The molecule has 2 aromatic rings. The summed E-state index contributed by atoms with van der Waals surface area (Å²) >= 11 is 3.65. The predicted octanol–water partition coefficient (Wildman–Crippen LogP) is 3.40. The van der Waals surface area contributed by atoms with E-state index in [0.717, 1.165) is 4.88 Å². The molecule has 2 rings (SSSR count). The minimum atomic E-state index is -0.0821. The van der Waals surface area contributed by atoms with Crippen LogP contribution in [0, 0.1) is 3.57 Å². The van der Waals surface area contributed by atoms with E-state index in [-0.39, 0.29) is 11.0 Å². The van der Waals surface area contributed by atoms with Gasteiger partial charge in [-0.1, -0.05) is 20.8 Å². The predicted molar refractivity (Wildman–Crippen MR) is 79.6 cm³/mol. The van der Waals surface area contributed by atoms with Gasteiger partial charge in [0.25, 0.3) is 5.56 Å². The molecule has 0 unspecified atom stereocenters. The van der Waals surface area contributed by atoms with E-state index < -0.39 is 0 Å². The first-order chi connectivity index (χ1) is 7.88. The van der Waals surface area contributed by atoms with Crippen LogP contribution in [-0.4, -0.2) is 9.97 Å². The lowest BCUT2D eigenvalue weighted by molar-refractivity contribution is 0.604. The Kier molecular flexibility index (Phi) is 3.40. The number of nitrogens with one attached hydrogen (secondary N) is 1. The second-order valence-electron chi connectivity index (χ2n) is 4.82. The van der Waals surface area contributed by atoms with Gasteiger partial charge < -0.3 is 4.98 Å². The van der Waals surface area contributed by atoms with E-state index in [1.54, 1.807) is 17.5 Å². The Bertz CT molecular complexity index is 595. The zero-order valence-corrected chi connectivity index (χ0v) is 12.8. The van der Waals surface area contributed by atoms with Crippen molar-refractivity contribution in [2.45, 2.75) is 26.2 Å². The van der Waals surface area contributed by atoms with E-state index in [4.69, 9.17) is 0 Å². The number of thiophene rings is 1. The molecule has 0 radical (unpaired) electrons. The second kappa shape index (κ2) is 4.53. The maximum absolute atomic E-state index is 11.5. The lowest BCUT2D eigenvalue weighted by Gasteiger charge is -2.15. The number of halogens is 1. The summed E-state index contributed by atoms with van der Waals surface area (Å²) in [4.78, 5) is 20.9. The van der Waals surface area contributed by atoms with Gasteiger partial charge in [-0.25, -0.2) is 4.98 Å². The number of nitrogens with zero attached hydrogens (tertiary/aromatic N) is 1. The molecule has 0 atom stereocenters. The molecule has 0 amide bonds. The fourth-order valence-electron chi connectivity index (χ4n) is 1.37. The van der Waals surface area contributed by atoms with Gasteiger partial charge in [-0.2, -0.15) is 0 Å². The molecule has 90 valence electrons. The van der Waals surface area contributed by atoms with Crippen LogP contribution in [0.1, 0.15) is 25.6 Å². The highest BCUT2D eigenvalue weighted by molar-refractivity contribution is 14.1. The monoisotopic (exact) mass is 360 g/mol. The van der Waals surface area contributed by atoms with E-state index in [1.807, 2.05) is 28.7 Å². The van der Waals surface area contributed by atoms with Gasteiger partial charge in [-0.05, 0) is 40.1 Å². The molecule has 0 fully saturated rings. The van der Waals surface area contributed by atoms with Crippen molar-refractivity contribution in [2.75, 3.05) is 0 Å². The number of rotatable bonds is 1. The van der Waals surface area contributed by atoms with Crippen LogP contribution in [0.5, 0.6) is 0 Å². The quantitative estimate of drug-likeness (QED) is 0.793. The summed E-state index contributed by atoms with van der Waals surface area (Å²) in [6.07, 6.45) is 1.60. The topological polar surface area (TPSA) is 45.8 Å². The molecule has 0 aliphatic carbocycles. The van der Waals surface area contributed by atoms with E-state index in [1.165, 1.54) is 4.88 Å². The first-order valence-corrected chi connectivity index (χ1v) is 7.13. The van der Waals surface area contributed by atoms with Crippen LogP contribution in [0.15, 0.2) is 23.1 Å². The normalized spacial score (nSPS) is 11.8. The van der Waals surface area contributed by atoms with E-state index in [0.29, 0.717) is 9.39 Å². The second-order valence-corrected chi connectivity index (χ2v) is 7.07. The molecule has 1 N–H and O–H groups in total. The average Bonchev–Trinajstić information content (AvgIpc) is 2.70. The van der Waals surface area contributed by atoms with Gasteiger partial charge in [0.2, 0.25) is 0 Å². The van der Waals surface area contributed by atoms with Crippen molar-refractivity contribution in [3.63, 3.8) is 0 Å². The van der Waals surface area contributed by atoms with Crippen molar-refractivity contribution in [3.05, 3.63) is 37.1 Å². The van der Waals surface area contributed by atoms with Gasteiger partial charge in [0.05, 0.1) is 8.45 Å². The van der Waals surface area contributed by atoms with Crippen molar-refractivity contribution in [3.8, 4) is 10.7 Å². The van der Waals surface area contributed by atoms with Crippen LogP contribution in [0.4, 0.5) is 0 Å². The molecule has 0 bridgehead atoms. The highest BCUT2D eigenvalue weighted by atomic mass is 127. The summed E-state index contributed by atoms with van der Waals surface area (Å²) in [6.45, 7) is 6.52. The van der Waals surface area contributed by atoms with Crippen molar-refractivity contribution >= 4 is 33.9 Å². The number of aromatic nitrogens is 2. The Morgan fingerprint density at radius 3 is 2.59 bits per heavy atom. The third kappa shape index (κ3) is 2.77. The Balaban J connectivity index is 2.44. The fraction of sp³-hybridized carbons (Fsp3) is 0.333. The summed E-state index contributed by atoms with van der Waals surface area (Å²) < 4.78 is 0.610. The lowest BCUT2D eigenvalue weighted by atomic mass is 9.95. The summed E-state index contributed by atoms with van der Waals surface area (Å²) in [7, 11) is 0. The largest absolute Gasteiger partial charge is 0.305 e. The number of aromatic amines is 1. The van der Waals surface area contributed by atoms with E-state index in [2.05, 4.69) is 36.8 Å².